The van der Waals surface area contributed by atoms with Crippen LogP contribution in [0, 0.1) is 0 Å². The molecule has 2 heteroatoms. The Morgan fingerprint density at radius 3 is 2.44 bits per heavy atom. The maximum atomic E-state index is 5.31. The van der Waals surface area contributed by atoms with Gasteiger partial charge in [-0.3, -0.25) is 0 Å². The van der Waals surface area contributed by atoms with E-state index in [9.17, 15) is 0 Å². The summed E-state index contributed by atoms with van der Waals surface area (Å²) in [6.45, 7) is 4.09. The van der Waals surface area contributed by atoms with Crippen LogP contribution in [-0.4, -0.2) is 30.9 Å². The Morgan fingerprint density at radius 1 is 1.22 bits per heavy atom. The van der Waals surface area contributed by atoms with Gasteiger partial charge in [0, 0.05) is 0 Å². The van der Waals surface area contributed by atoms with Crippen LogP contribution in [0.15, 0.2) is 0 Å². The van der Waals surface area contributed by atoms with Gasteiger partial charge in [-0.2, -0.15) is 0 Å². The van der Waals surface area contributed by atoms with Crippen molar-refractivity contribution in [3.63, 3.8) is 0 Å². The van der Waals surface area contributed by atoms with Gasteiger partial charge >= 0.3 is 66.9 Å². The van der Waals surface area contributed by atoms with Crippen molar-refractivity contribution >= 4 is 17.7 Å². The van der Waals surface area contributed by atoms with Crippen LogP contribution in [0.3, 0.4) is 0 Å². The van der Waals surface area contributed by atoms with Crippen molar-refractivity contribution < 1.29 is 4.74 Å². The second-order valence-corrected chi connectivity index (χ2v) is 2.32. The first kappa shape index (κ1) is 9.56. The van der Waals surface area contributed by atoms with Gasteiger partial charge in [-0.25, -0.2) is 0 Å². The Labute approximate surface area is 67.4 Å². The summed E-state index contributed by atoms with van der Waals surface area (Å²) in [5.41, 5.74) is 0. The van der Waals surface area contributed by atoms with Gasteiger partial charge in [0.25, 0.3) is 0 Å². The van der Waals surface area contributed by atoms with E-state index in [4.69, 9.17) is 4.74 Å². The van der Waals surface area contributed by atoms with Gasteiger partial charge in [-0.05, 0) is 0 Å². The molecule has 0 rings (SSSR count). The molecule has 0 radical (unpaired) electrons. The Hall–Kier alpha value is 0.557. The molecule has 0 aromatic rings. The fraction of sp³-hybridized carbons (Fsp3) is 1.00. The summed E-state index contributed by atoms with van der Waals surface area (Å²) in [4.78, 5) is 0. The van der Waals surface area contributed by atoms with Crippen LogP contribution < -0.4 is 0 Å². The molecule has 0 aromatic carbocycles. The van der Waals surface area contributed by atoms with E-state index in [1.54, 1.807) is 0 Å². The summed E-state index contributed by atoms with van der Waals surface area (Å²) in [5, 5.41) is 1.24. The molecule has 0 amide bonds. The van der Waals surface area contributed by atoms with E-state index in [1.807, 2.05) is 0 Å². The summed E-state index contributed by atoms with van der Waals surface area (Å²) in [6, 6.07) is 0. The minimum absolute atomic E-state index is 0.955. The third-order valence-electron chi connectivity index (χ3n) is 1.28. The predicted octanol–water partition coefficient (Wildman–Crippen LogP) is 1.78. The number of hydrogen-bond donors (Lipinski definition) is 0. The molecule has 0 atom stereocenters. The zero-order valence-corrected chi connectivity index (χ0v) is 6.65. The van der Waals surface area contributed by atoms with Crippen LogP contribution >= 0.6 is 0 Å². The van der Waals surface area contributed by atoms with Crippen LogP contribution in [0.1, 0.15) is 26.2 Å². The predicted molar refractivity (Wildman–Crippen MR) is 40.9 cm³/mol. The summed E-state index contributed by atoms with van der Waals surface area (Å²) in [6.07, 6.45) is 3.67. The van der Waals surface area contributed by atoms with Gasteiger partial charge in [-0.15, -0.1) is 0 Å². The summed E-state index contributed by atoms with van der Waals surface area (Å²) >= 11 is 2.18. The molecule has 0 N–H and O–H groups in total. The van der Waals surface area contributed by atoms with Crippen molar-refractivity contribution in [3.05, 3.63) is 0 Å². The molecular formula is C7H15LiO. The van der Waals surface area contributed by atoms with E-state index < -0.39 is 0 Å². The van der Waals surface area contributed by atoms with Crippen molar-refractivity contribution in [2.75, 3.05) is 13.2 Å². The molecule has 0 saturated carbocycles. The van der Waals surface area contributed by atoms with E-state index in [0.29, 0.717) is 0 Å². The van der Waals surface area contributed by atoms with Crippen LogP contribution in [0.4, 0.5) is 0 Å². The zero-order valence-electron chi connectivity index (χ0n) is 6.65. The number of rotatable bonds is 6. The average molecular weight is 122 g/mol. The number of unbranched alkanes of at least 4 members (excludes halogenated alkanes) is 1. The SMILES string of the molecule is [Li][CH2]CCOCCCC. The molecule has 1 nitrogen and oxygen atoms in total. The first-order valence-corrected chi connectivity index (χ1v) is 3.99. The van der Waals surface area contributed by atoms with Gasteiger partial charge < -0.3 is 0 Å². The maximum absolute atomic E-state index is 5.31. The third-order valence-corrected chi connectivity index (χ3v) is 1.28. The van der Waals surface area contributed by atoms with E-state index >= 15 is 0 Å². The van der Waals surface area contributed by atoms with E-state index in [1.165, 1.54) is 24.4 Å². The fourth-order valence-electron chi connectivity index (χ4n) is 0.595. The summed E-state index contributed by atoms with van der Waals surface area (Å²) in [7, 11) is 0. The van der Waals surface area contributed by atoms with Gasteiger partial charge in [0.15, 0.2) is 0 Å². The molecule has 0 aromatic heterocycles. The molecule has 0 aliphatic carbocycles. The molecular weight excluding hydrogens is 107 g/mol. The van der Waals surface area contributed by atoms with Gasteiger partial charge in [-0.1, -0.05) is 0 Å². The van der Waals surface area contributed by atoms with Crippen molar-refractivity contribution in [1.29, 1.82) is 0 Å². The van der Waals surface area contributed by atoms with Gasteiger partial charge in [0.2, 0.25) is 0 Å². The van der Waals surface area contributed by atoms with E-state index in [2.05, 4.69) is 24.6 Å². The first-order valence-electron chi connectivity index (χ1n) is 3.99. The molecule has 0 fully saturated rings. The number of ether oxygens (including phenoxy) is 1. The minimum atomic E-state index is 0.955. The van der Waals surface area contributed by atoms with Crippen LogP contribution in [0.25, 0.3) is 0 Å². The van der Waals surface area contributed by atoms with E-state index in [-0.39, 0.29) is 0 Å². The molecule has 0 bridgehead atoms. The Morgan fingerprint density at radius 2 is 1.89 bits per heavy atom. The van der Waals surface area contributed by atoms with Crippen molar-refractivity contribution in [3.8, 4) is 0 Å². The standard InChI is InChI=1S/C7H15O.Li/c1-3-5-7-8-6-4-2;/h2-7H2,1H3;. The van der Waals surface area contributed by atoms with Gasteiger partial charge in [0.1, 0.15) is 0 Å². The van der Waals surface area contributed by atoms with Crippen molar-refractivity contribution in [2.45, 2.75) is 31.3 Å². The third kappa shape index (κ3) is 8.56. The van der Waals surface area contributed by atoms with Crippen LogP contribution in [-0.2, 0) is 4.74 Å². The summed E-state index contributed by atoms with van der Waals surface area (Å²) in [5.74, 6) is 0. The summed E-state index contributed by atoms with van der Waals surface area (Å²) < 4.78 is 5.31. The fourth-order valence-corrected chi connectivity index (χ4v) is 0.595. The van der Waals surface area contributed by atoms with E-state index in [0.717, 1.165) is 13.2 Å². The van der Waals surface area contributed by atoms with Crippen molar-refractivity contribution in [2.24, 2.45) is 0 Å². The quantitative estimate of drug-likeness (QED) is 0.385. The molecule has 9 heavy (non-hydrogen) atoms. The molecule has 50 valence electrons. The second-order valence-electron chi connectivity index (χ2n) is 2.32. The second kappa shape index (κ2) is 8.56. The van der Waals surface area contributed by atoms with Crippen molar-refractivity contribution in [1.82, 2.24) is 0 Å². The average Bonchev–Trinajstić information content (AvgIpc) is 1.89. The zero-order chi connectivity index (χ0) is 6.95. The molecule has 0 unspecified atom stereocenters. The molecule has 0 spiro atoms. The number of hydrogen-bond acceptors (Lipinski definition) is 1. The Balaban J connectivity index is 2.60. The molecule has 0 heterocycles. The Kier molecular flexibility index (Phi) is 9.09. The monoisotopic (exact) mass is 122 g/mol. The van der Waals surface area contributed by atoms with Crippen LogP contribution in [0.5, 0.6) is 0 Å². The molecule has 0 aliphatic heterocycles. The topological polar surface area (TPSA) is 9.23 Å². The molecule has 0 saturated heterocycles. The molecule has 0 aliphatic rings. The van der Waals surface area contributed by atoms with Gasteiger partial charge in [0.05, 0.1) is 0 Å². The Bertz CT molecular complexity index is 42.2. The van der Waals surface area contributed by atoms with Crippen LogP contribution in [0.2, 0.25) is 5.09 Å². The first-order chi connectivity index (χ1) is 4.41. The normalized spacial score (nSPS) is 10.1.